The molecule has 0 aliphatic carbocycles. The molecule has 5 heteroatoms. The molecule has 1 N–H and O–H groups in total. The molecule has 0 aromatic heterocycles. The second-order valence-electron chi connectivity index (χ2n) is 6.26. The maximum absolute atomic E-state index is 12.4. The van der Waals surface area contributed by atoms with Gasteiger partial charge in [0.25, 0.3) is 0 Å². The molecule has 23 heavy (non-hydrogen) atoms. The summed E-state index contributed by atoms with van der Waals surface area (Å²) in [5, 5.41) is 3.05. The molecule has 2 amide bonds. The molecule has 0 unspecified atom stereocenters. The first kappa shape index (κ1) is 16.1. The SMILES string of the molecule is CCOc1ccc(CCNC(=O)N2CCC[C@@H]3COC[C@@H]32)cc1. The van der Waals surface area contributed by atoms with Gasteiger partial charge < -0.3 is 19.7 Å². The molecule has 2 fully saturated rings. The zero-order chi connectivity index (χ0) is 16.1. The second kappa shape index (κ2) is 7.68. The molecule has 1 aromatic carbocycles. The molecule has 2 atom stereocenters. The van der Waals surface area contributed by atoms with E-state index in [-0.39, 0.29) is 12.1 Å². The Morgan fingerprint density at radius 1 is 1.35 bits per heavy atom. The summed E-state index contributed by atoms with van der Waals surface area (Å²) < 4.78 is 11.0. The monoisotopic (exact) mass is 318 g/mol. The Labute approximate surface area is 137 Å². The van der Waals surface area contributed by atoms with Crippen molar-refractivity contribution in [3.63, 3.8) is 0 Å². The number of rotatable bonds is 5. The van der Waals surface area contributed by atoms with Crippen molar-refractivity contribution in [1.82, 2.24) is 10.2 Å². The molecule has 0 spiro atoms. The lowest BCUT2D eigenvalue weighted by molar-refractivity contribution is 0.130. The molecular weight excluding hydrogens is 292 g/mol. The molecule has 5 nitrogen and oxygen atoms in total. The van der Waals surface area contributed by atoms with Gasteiger partial charge >= 0.3 is 6.03 Å². The Hall–Kier alpha value is -1.75. The van der Waals surface area contributed by atoms with Crippen LogP contribution in [0.15, 0.2) is 24.3 Å². The number of carbonyl (C=O) groups excluding carboxylic acids is 1. The average molecular weight is 318 g/mol. The maximum atomic E-state index is 12.4. The molecule has 0 saturated carbocycles. The Morgan fingerprint density at radius 2 is 2.17 bits per heavy atom. The maximum Gasteiger partial charge on any atom is 0.317 e. The molecule has 126 valence electrons. The van der Waals surface area contributed by atoms with Crippen LogP contribution in [0.5, 0.6) is 5.75 Å². The minimum absolute atomic E-state index is 0.0520. The highest BCUT2D eigenvalue weighted by molar-refractivity contribution is 5.74. The minimum atomic E-state index is 0.0520. The van der Waals surface area contributed by atoms with Crippen molar-refractivity contribution in [2.45, 2.75) is 32.2 Å². The molecule has 2 saturated heterocycles. The predicted octanol–water partition coefficient (Wildman–Crippen LogP) is 2.45. The van der Waals surface area contributed by atoms with Gasteiger partial charge in [-0.1, -0.05) is 12.1 Å². The van der Waals surface area contributed by atoms with E-state index in [9.17, 15) is 4.79 Å². The van der Waals surface area contributed by atoms with E-state index in [1.54, 1.807) is 0 Å². The Bertz CT molecular complexity index is 518. The number of fused-ring (bicyclic) bond motifs is 1. The topological polar surface area (TPSA) is 50.8 Å². The Kier molecular flexibility index (Phi) is 5.39. The van der Waals surface area contributed by atoms with Crippen LogP contribution in [-0.2, 0) is 11.2 Å². The molecule has 0 radical (unpaired) electrons. The summed E-state index contributed by atoms with van der Waals surface area (Å²) in [6.07, 6.45) is 3.09. The summed E-state index contributed by atoms with van der Waals surface area (Å²) in [7, 11) is 0. The number of likely N-dealkylation sites (tertiary alicyclic amines) is 1. The van der Waals surface area contributed by atoms with Gasteiger partial charge in [0.05, 0.1) is 25.9 Å². The molecular formula is C18H26N2O3. The van der Waals surface area contributed by atoms with Crippen LogP contribution in [-0.4, -0.2) is 49.9 Å². The number of nitrogens with zero attached hydrogens (tertiary/aromatic N) is 1. The fraction of sp³-hybridized carbons (Fsp3) is 0.611. The van der Waals surface area contributed by atoms with Crippen molar-refractivity contribution in [2.24, 2.45) is 5.92 Å². The number of amides is 2. The van der Waals surface area contributed by atoms with E-state index in [1.165, 1.54) is 12.0 Å². The Balaban J connectivity index is 1.45. The first-order chi connectivity index (χ1) is 11.3. The van der Waals surface area contributed by atoms with Crippen molar-refractivity contribution in [3.8, 4) is 5.75 Å². The van der Waals surface area contributed by atoms with E-state index in [0.29, 0.717) is 25.7 Å². The third-order valence-electron chi connectivity index (χ3n) is 4.72. The molecule has 2 heterocycles. The molecule has 3 rings (SSSR count). The van der Waals surface area contributed by atoms with E-state index in [2.05, 4.69) is 17.4 Å². The standard InChI is InChI=1S/C18H26N2O3/c1-2-23-16-7-5-14(6-8-16)9-10-19-18(21)20-11-3-4-15-12-22-13-17(15)20/h5-8,15,17H,2-4,9-13H2,1H3,(H,19,21)/t15-,17+/m1/s1. The molecule has 2 aliphatic heterocycles. The van der Waals surface area contributed by atoms with Crippen LogP contribution in [0.1, 0.15) is 25.3 Å². The first-order valence-corrected chi connectivity index (χ1v) is 8.62. The number of hydrogen-bond acceptors (Lipinski definition) is 3. The van der Waals surface area contributed by atoms with Gasteiger partial charge in [-0.2, -0.15) is 0 Å². The number of urea groups is 1. The summed E-state index contributed by atoms with van der Waals surface area (Å²) in [4.78, 5) is 14.4. The lowest BCUT2D eigenvalue weighted by Crippen LogP contribution is -2.52. The van der Waals surface area contributed by atoms with Crippen LogP contribution >= 0.6 is 0 Å². The normalized spacial score (nSPS) is 23.4. The van der Waals surface area contributed by atoms with Gasteiger partial charge in [-0.15, -0.1) is 0 Å². The highest BCUT2D eigenvalue weighted by atomic mass is 16.5. The van der Waals surface area contributed by atoms with E-state index in [4.69, 9.17) is 9.47 Å². The molecule has 1 aromatic rings. The molecule has 2 aliphatic rings. The van der Waals surface area contributed by atoms with Crippen LogP contribution in [0.4, 0.5) is 4.79 Å². The summed E-state index contributed by atoms with van der Waals surface area (Å²) in [5.74, 6) is 1.42. The largest absolute Gasteiger partial charge is 0.494 e. The number of carbonyl (C=O) groups is 1. The van der Waals surface area contributed by atoms with Crippen LogP contribution in [0.2, 0.25) is 0 Å². The van der Waals surface area contributed by atoms with Crippen LogP contribution in [0.3, 0.4) is 0 Å². The highest BCUT2D eigenvalue weighted by Crippen LogP contribution is 2.28. The second-order valence-corrected chi connectivity index (χ2v) is 6.26. The van der Waals surface area contributed by atoms with Gasteiger partial charge in [0.2, 0.25) is 0 Å². The third kappa shape index (κ3) is 3.96. The van der Waals surface area contributed by atoms with Crippen LogP contribution in [0, 0.1) is 5.92 Å². The van der Waals surface area contributed by atoms with Crippen molar-refractivity contribution in [1.29, 1.82) is 0 Å². The summed E-state index contributed by atoms with van der Waals surface area (Å²) >= 11 is 0. The average Bonchev–Trinajstić information content (AvgIpc) is 3.05. The molecule has 0 bridgehead atoms. The van der Waals surface area contributed by atoms with Gasteiger partial charge in [0, 0.05) is 19.0 Å². The van der Waals surface area contributed by atoms with Crippen molar-refractivity contribution >= 4 is 6.03 Å². The minimum Gasteiger partial charge on any atom is -0.494 e. The highest BCUT2D eigenvalue weighted by Gasteiger charge is 2.38. The quantitative estimate of drug-likeness (QED) is 0.907. The van der Waals surface area contributed by atoms with Gasteiger partial charge in [-0.05, 0) is 43.9 Å². The van der Waals surface area contributed by atoms with Crippen molar-refractivity contribution in [2.75, 3.05) is 32.9 Å². The number of benzene rings is 1. The lowest BCUT2D eigenvalue weighted by Gasteiger charge is -2.36. The zero-order valence-corrected chi connectivity index (χ0v) is 13.8. The van der Waals surface area contributed by atoms with E-state index >= 15 is 0 Å². The van der Waals surface area contributed by atoms with Gasteiger partial charge in [-0.25, -0.2) is 4.79 Å². The zero-order valence-electron chi connectivity index (χ0n) is 13.8. The summed E-state index contributed by atoms with van der Waals surface area (Å²) in [6, 6.07) is 8.39. The van der Waals surface area contributed by atoms with Crippen molar-refractivity contribution < 1.29 is 14.3 Å². The van der Waals surface area contributed by atoms with Gasteiger partial charge in [0.15, 0.2) is 0 Å². The lowest BCUT2D eigenvalue weighted by atomic mass is 9.92. The number of hydrogen-bond donors (Lipinski definition) is 1. The summed E-state index contributed by atoms with van der Waals surface area (Å²) in [5.41, 5.74) is 1.20. The fourth-order valence-corrected chi connectivity index (χ4v) is 3.48. The third-order valence-corrected chi connectivity index (χ3v) is 4.72. The predicted molar refractivity (Wildman–Crippen MR) is 88.8 cm³/mol. The summed E-state index contributed by atoms with van der Waals surface area (Å²) in [6.45, 7) is 5.65. The number of nitrogens with one attached hydrogen (secondary N) is 1. The van der Waals surface area contributed by atoms with E-state index in [1.807, 2.05) is 24.0 Å². The van der Waals surface area contributed by atoms with Gasteiger partial charge in [0.1, 0.15) is 5.75 Å². The number of ether oxygens (including phenoxy) is 2. The first-order valence-electron chi connectivity index (χ1n) is 8.62. The Morgan fingerprint density at radius 3 is 2.96 bits per heavy atom. The number of piperidine rings is 1. The fourth-order valence-electron chi connectivity index (χ4n) is 3.48. The van der Waals surface area contributed by atoms with Crippen LogP contribution < -0.4 is 10.1 Å². The van der Waals surface area contributed by atoms with Crippen molar-refractivity contribution in [3.05, 3.63) is 29.8 Å². The van der Waals surface area contributed by atoms with E-state index in [0.717, 1.165) is 31.7 Å². The van der Waals surface area contributed by atoms with Crippen LogP contribution in [0.25, 0.3) is 0 Å². The smallest absolute Gasteiger partial charge is 0.317 e. The van der Waals surface area contributed by atoms with E-state index < -0.39 is 0 Å². The van der Waals surface area contributed by atoms with Gasteiger partial charge in [-0.3, -0.25) is 0 Å².